The molecule has 4 rings (SSSR count). The number of alkyl halides is 6. The van der Waals surface area contributed by atoms with E-state index in [1.807, 2.05) is 0 Å². The molecule has 1 aliphatic rings. The zero-order valence-electron chi connectivity index (χ0n) is 23.9. The van der Waals surface area contributed by atoms with Crippen LogP contribution in [0.4, 0.5) is 41.2 Å². The molecular weight excluding hydrogens is 613 g/mol. The van der Waals surface area contributed by atoms with E-state index in [4.69, 9.17) is 0 Å². The number of nitrogens with one attached hydrogen (secondary N) is 1. The topological polar surface area (TPSA) is 95.8 Å². The number of nitro benzene ring substituents is 1. The third kappa shape index (κ3) is 7.88. The highest BCUT2D eigenvalue weighted by molar-refractivity contribution is 5.94. The van der Waals surface area contributed by atoms with Crippen LogP contribution in [0.15, 0.2) is 60.7 Å². The van der Waals surface area contributed by atoms with Gasteiger partial charge in [-0.2, -0.15) is 26.3 Å². The molecule has 3 aromatic rings. The highest BCUT2D eigenvalue weighted by atomic mass is 19.4. The summed E-state index contributed by atoms with van der Waals surface area (Å²) in [4.78, 5) is 39.2. The summed E-state index contributed by atoms with van der Waals surface area (Å²) in [5.41, 5.74) is -2.41. The monoisotopic (exact) mass is 640 g/mol. The number of likely N-dealkylation sites (tertiary alicyclic amines) is 1. The second kappa shape index (κ2) is 12.7. The van der Waals surface area contributed by atoms with Crippen LogP contribution < -0.4 is 5.32 Å². The van der Waals surface area contributed by atoms with Crippen LogP contribution in [0, 0.1) is 22.9 Å². The number of amides is 3. The van der Waals surface area contributed by atoms with Gasteiger partial charge in [0.05, 0.1) is 22.1 Å². The Morgan fingerprint density at radius 2 is 1.58 bits per heavy atom. The molecule has 3 aromatic carbocycles. The number of piperidine rings is 1. The third-order valence-electron chi connectivity index (χ3n) is 7.51. The van der Waals surface area contributed by atoms with Crippen LogP contribution >= 0.6 is 0 Å². The van der Waals surface area contributed by atoms with E-state index in [1.54, 1.807) is 6.92 Å². The number of hydrogen-bond donors (Lipinski definition) is 1. The summed E-state index contributed by atoms with van der Waals surface area (Å²) in [7, 11) is 1.24. The number of aryl methyl sites for hydroxylation is 1. The number of nitro groups is 1. The number of carbonyl (C=O) groups excluding carboxylic acids is 2. The summed E-state index contributed by atoms with van der Waals surface area (Å²) in [6, 6.07) is 8.03. The fraction of sp³-hybridized carbons (Fsp3) is 0.333. The van der Waals surface area contributed by atoms with Crippen LogP contribution in [0.25, 0.3) is 0 Å². The number of rotatable bonds is 6. The Hall–Kier alpha value is -4.69. The molecule has 0 spiro atoms. The van der Waals surface area contributed by atoms with E-state index in [1.165, 1.54) is 54.4 Å². The molecule has 8 nitrogen and oxygen atoms in total. The Morgan fingerprint density at radius 3 is 2.11 bits per heavy atom. The SMILES string of the molecule is Cc1cc(F)ccc1[C@@H]1C[C@@H](NC(=O)c2ccc([N+](=O)[O-])cc2)CCN1C(=O)N(C)Cc1cc(C(F)(F)F)cc(C(F)(F)F)c1. The van der Waals surface area contributed by atoms with Gasteiger partial charge in [-0.3, -0.25) is 14.9 Å². The first-order chi connectivity index (χ1) is 20.9. The smallest absolute Gasteiger partial charge is 0.349 e. The Balaban J connectivity index is 1.58. The second-order valence-corrected chi connectivity index (χ2v) is 10.8. The van der Waals surface area contributed by atoms with Crippen molar-refractivity contribution in [3.63, 3.8) is 0 Å². The maximum Gasteiger partial charge on any atom is 0.416 e. The number of nitrogens with zero attached hydrogens (tertiary/aromatic N) is 3. The van der Waals surface area contributed by atoms with E-state index in [2.05, 4.69) is 5.32 Å². The van der Waals surface area contributed by atoms with Crippen LogP contribution in [-0.2, 0) is 18.9 Å². The lowest BCUT2D eigenvalue weighted by Gasteiger charge is -2.42. The predicted octanol–water partition coefficient (Wildman–Crippen LogP) is 7.27. The first kappa shape index (κ1) is 33.2. The van der Waals surface area contributed by atoms with Crippen molar-refractivity contribution in [1.29, 1.82) is 0 Å². The van der Waals surface area contributed by atoms with E-state index < -0.39 is 64.8 Å². The molecule has 0 unspecified atom stereocenters. The molecule has 0 aliphatic carbocycles. The molecule has 1 heterocycles. The first-order valence-corrected chi connectivity index (χ1v) is 13.6. The zero-order valence-corrected chi connectivity index (χ0v) is 23.9. The Kier molecular flexibility index (Phi) is 9.40. The molecule has 1 fully saturated rings. The number of non-ortho nitro benzene ring substituents is 1. The van der Waals surface area contributed by atoms with Gasteiger partial charge in [0.25, 0.3) is 11.6 Å². The molecule has 1 aliphatic heterocycles. The van der Waals surface area contributed by atoms with Crippen LogP contribution in [0.5, 0.6) is 0 Å². The molecule has 45 heavy (non-hydrogen) atoms. The lowest BCUT2D eigenvalue weighted by molar-refractivity contribution is -0.384. The average molecular weight is 641 g/mol. The summed E-state index contributed by atoms with van der Waals surface area (Å²) in [5, 5.41) is 13.8. The van der Waals surface area contributed by atoms with Crippen molar-refractivity contribution in [2.45, 2.75) is 50.7 Å². The van der Waals surface area contributed by atoms with Gasteiger partial charge in [0.15, 0.2) is 0 Å². The van der Waals surface area contributed by atoms with Crippen LogP contribution in [0.3, 0.4) is 0 Å². The summed E-state index contributed by atoms with van der Waals surface area (Å²) in [6.07, 6.45) is -9.72. The summed E-state index contributed by atoms with van der Waals surface area (Å²) in [6.45, 7) is 1.08. The second-order valence-electron chi connectivity index (χ2n) is 10.8. The summed E-state index contributed by atoms with van der Waals surface area (Å²) >= 11 is 0. The molecule has 1 saturated heterocycles. The van der Waals surface area contributed by atoms with Crippen molar-refractivity contribution in [2.24, 2.45) is 0 Å². The number of benzene rings is 3. The van der Waals surface area contributed by atoms with Gasteiger partial charge in [-0.05, 0) is 78.9 Å². The molecule has 15 heteroatoms. The zero-order chi connectivity index (χ0) is 33.3. The molecule has 0 saturated carbocycles. The van der Waals surface area contributed by atoms with Gasteiger partial charge in [0.1, 0.15) is 5.82 Å². The van der Waals surface area contributed by atoms with Crippen LogP contribution in [0.2, 0.25) is 0 Å². The van der Waals surface area contributed by atoms with Gasteiger partial charge in [0.2, 0.25) is 0 Å². The van der Waals surface area contributed by atoms with E-state index >= 15 is 0 Å². The molecule has 2 atom stereocenters. The largest absolute Gasteiger partial charge is 0.416 e. The molecule has 1 N–H and O–H groups in total. The first-order valence-electron chi connectivity index (χ1n) is 13.6. The minimum atomic E-state index is -5.05. The maximum atomic E-state index is 13.9. The molecule has 3 amide bonds. The normalized spacial score (nSPS) is 17.1. The quantitative estimate of drug-likeness (QED) is 0.174. The third-order valence-corrected chi connectivity index (χ3v) is 7.51. The van der Waals surface area contributed by atoms with Crippen molar-refractivity contribution < 1.29 is 45.2 Å². The van der Waals surface area contributed by atoms with E-state index in [9.17, 15) is 50.4 Å². The highest BCUT2D eigenvalue weighted by Crippen LogP contribution is 2.38. The van der Waals surface area contributed by atoms with Crippen LogP contribution in [0.1, 0.15) is 57.1 Å². The number of hydrogen-bond acceptors (Lipinski definition) is 4. The number of urea groups is 1. The van der Waals surface area contributed by atoms with Gasteiger partial charge < -0.3 is 15.1 Å². The maximum absolute atomic E-state index is 13.9. The van der Waals surface area contributed by atoms with Crippen molar-refractivity contribution in [3.05, 3.63) is 110 Å². The summed E-state index contributed by atoms with van der Waals surface area (Å²) in [5.74, 6) is -1.05. The molecule has 0 bridgehead atoms. The molecular formula is C30H27F7N4O4. The summed E-state index contributed by atoms with van der Waals surface area (Å²) < 4.78 is 94.2. The highest BCUT2D eigenvalue weighted by Gasteiger charge is 2.38. The molecule has 0 aromatic heterocycles. The molecule has 0 radical (unpaired) electrons. The lowest BCUT2D eigenvalue weighted by atomic mass is 9.89. The van der Waals surface area contributed by atoms with Gasteiger partial charge in [-0.25, -0.2) is 9.18 Å². The fourth-order valence-electron chi connectivity index (χ4n) is 5.31. The van der Waals surface area contributed by atoms with Crippen molar-refractivity contribution in [1.82, 2.24) is 15.1 Å². The van der Waals surface area contributed by atoms with Crippen LogP contribution in [-0.4, -0.2) is 46.3 Å². The standard InChI is InChI=1S/C30H27F7N4O4/c1-17-11-22(31)5-8-25(17)26-15-23(38-27(42)19-3-6-24(7-4-19)41(44)45)9-10-40(26)28(43)39(2)16-18-12-20(29(32,33)34)14-21(13-18)30(35,36)37/h3-8,11-14,23,26H,9-10,15-16H2,1-2H3,(H,38,42)/t23-,26-/m0/s1. The number of carbonyl (C=O) groups is 2. The van der Waals surface area contributed by atoms with Gasteiger partial charge in [-0.1, -0.05) is 6.07 Å². The van der Waals surface area contributed by atoms with Gasteiger partial charge in [-0.15, -0.1) is 0 Å². The minimum Gasteiger partial charge on any atom is -0.349 e. The van der Waals surface area contributed by atoms with E-state index in [-0.39, 0.29) is 42.3 Å². The lowest BCUT2D eigenvalue weighted by Crippen LogP contribution is -2.51. The predicted molar refractivity (Wildman–Crippen MR) is 147 cm³/mol. The van der Waals surface area contributed by atoms with Crippen molar-refractivity contribution in [2.75, 3.05) is 13.6 Å². The fourth-order valence-corrected chi connectivity index (χ4v) is 5.31. The number of halogens is 7. The minimum absolute atomic E-state index is 0.00835. The average Bonchev–Trinajstić information content (AvgIpc) is 2.95. The Labute approximate surface area is 252 Å². The Morgan fingerprint density at radius 1 is 0.978 bits per heavy atom. The van der Waals surface area contributed by atoms with E-state index in [0.717, 1.165) is 4.90 Å². The van der Waals surface area contributed by atoms with Crippen molar-refractivity contribution >= 4 is 17.6 Å². The molecule has 240 valence electrons. The van der Waals surface area contributed by atoms with Gasteiger partial charge >= 0.3 is 18.4 Å². The van der Waals surface area contributed by atoms with E-state index in [0.29, 0.717) is 23.3 Å². The van der Waals surface area contributed by atoms with Gasteiger partial charge in [0, 0.05) is 43.9 Å². The Bertz CT molecular complexity index is 1560. The van der Waals surface area contributed by atoms with Crippen molar-refractivity contribution in [3.8, 4) is 0 Å².